The number of benzene rings is 1. The zero-order valence-electron chi connectivity index (χ0n) is 51.6. The first kappa shape index (κ1) is 74.6. The van der Waals surface area contributed by atoms with Crippen molar-refractivity contribution in [1.82, 2.24) is 47.1 Å². The molecule has 1 aromatic heterocycles. The van der Waals surface area contributed by atoms with Crippen molar-refractivity contribution in [2.45, 2.75) is 113 Å². The van der Waals surface area contributed by atoms with Gasteiger partial charge in [-0.25, -0.2) is 0 Å². The summed E-state index contributed by atoms with van der Waals surface area (Å²) < 4.78 is 59.7. The fourth-order valence-electron chi connectivity index (χ4n) is 9.91. The van der Waals surface area contributed by atoms with Crippen molar-refractivity contribution >= 4 is 86.6 Å². The topological polar surface area (TPSA) is 434 Å². The maximum atomic E-state index is 15.3. The Morgan fingerprint density at radius 2 is 1.30 bits per heavy atom. The third-order valence-electron chi connectivity index (χ3n) is 15.1. The van der Waals surface area contributed by atoms with Crippen LogP contribution in [0.1, 0.15) is 58.1 Å². The van der Waals surface area contributed by atoms with Crippen LogP contribution in [0.15, 0.2) is 17.2 Å². The Morgan fingerprint density at radius 3 is 1.87 bits per heavy atom. The molecule has 11 atom stereocenters. The van der Waals surface area contributed by atoms with E-state index in [1.165, 1.54) is 25.8 Å². The molecular weight excluding hydrogens is 1220 g/mol. The lowest BCUT2D eigenvalue weighted by atomic mass is 9.93. The maximum Gasteiger partial charge on any atom is 0.246 e. The lowest BCUT2D eigenvalue weighted by Gasteiger charge is -2.32. The van der Waals surface area contributed by atoms with E-state index in [0.717, 1.165) is 4.90 Å². The number of nitrogens with zero attached hydrogens (tertiary/aromatic N) is 1. The Kier molecular flexibility index (Phi) is 32.6. The average Bonchev–Trinajstić information content (AvgIpc) is 1.72. The number of H-pyrrole nitrogens is 1. The molecule has 3 aliphatic heterocycles. The molecule has 33 heteroatoms. The SMILES string of the molecule is CCOCCOCCOCCOCCOCCOCCOCCSCc1c(OC)ccc2c3c([nH]c12)S(=O)CC1NC(=O)CNC(=O)[C@H]([C@@H](C)CC)NC(=O)CNC(=O)[C@H](C3)NC(=O)[C@H]([C@@H](C)[C@@H](O)CO)NC(=O)[C@@H]2C[C@@H](O)CN2C(=O)[C@H](CC(N)=O)NC1=O. The number of fused-ring (bicyclic) bond motifs is 5. The van der Waals surface area contributed by atoms with Crippen LogP contribution in [0.5, 0.6) is 5.75 Å². The van der Waals surface area contributed by atoms with Gasteiger partial charge in [-0.1, -0.05) is 27.2 Å². The molecule has 0 spiro atoms. The number of methoxy groups -OCH3 is 1. The van der Waals surface area contributed by atoms with Gasteiger partial charge in [-0.15, -0.1) is 0 Å². The summed E-state index contributed by atoms with van der Waals surface area (Å²) in [6.45, 7) is 9.58. The van der Waals surface area contributed by atoms with Gasteiger partial charge in [0, 0.05) is 54.4 Å². The lowest BCUT2D eigenvalue weighted by Crippen LogP contribution is -2.62. The summed E-state index contributed by atoms with van der Waals surface area (Å²) in [6, 6.07) is -6.88. The van der Waals surface area contributed by atoms with Crippen LogP contribution in [0.2, 0.25) is 0 Å². The second kappa shape index (κ2) is 39.3. The quantitative estimate of drug-likeness (QED) is 0.0309. The van der Waals surface area contributed by atoms with E-state index in [-0.39, 0.29) is 22.9 Å². The number of primary amides is 1. The summed E-state index contributed by atoms with van der Waals surface area (Å²) in [7, 11) is -0.994. The monoisotopic (exact) mass is 1310 g/mol. The summed E-state index contributed by atoms with van der Waals surface area (Å²) >= 11 is 1.45. The van der Waals surface area contributed by atoms with Gasteiger partial charge >= 0.3 is 0 Å². The van der Waals surface area contributed by atoms with Crippen molar-refractivity contribution in [2.75, 3.05) is 137 Å². The Balaban J connectivity index is 1.44. The first-order valence-corrected chi connectivity index (χ1v) is 32.5. The van der Waals surface area contributed by atoms with Crippen molar-refractivity contribution in [2.24, 2.45) is 17.6 Å². The minimum absolute atomic E-state index is 0.121. The Labute approximate surface area is 528 Å². The second-order valence-corrected chi connectivity index (χ2v) is 24.0. The van der Waals surface area contributed by atoms with Crippen molar-refractivity contribution in [3.8, 4) is 5.75 Å². The van der Waals surface area contributed by atoms with Crippen molar-refractivity contribution in [3.05, 3.63) is 23.3 Å². The molecule has 506 valence electrons. The molecule has 9 amide bonds. The fraction of sp³-hybridized carbons (Fsp3) is 0.702. The van der Waals surface area contributed by atoms with E-state index < -0.39 is 176 Å². The third kappa shape index (κ3) is 23.2. The summed E-state index contributed by atoms with van der Waals surface area (Å²) in [4.78, 5) is 131. The predicted molar refractivity (Wildman–Crippen MR) is 325 cm³/mol. The molecule has 0 radical (unpaired) electrons. The van der Waals surface area contributed by atoms with Gasteiger partial charge in [-0.2, -0.15) is 11.8 Å². The van der Waals surface area contributed by atoms with Crippen LogP contribution < -0.4 is 47.7 Å². The fourth-order valence-corrected chi connectivity index (χ4v) is 12.2. The molecular formula is C57H90N10O21S2. The van der Waals surface area contributed by atoms with E-state index >= 15 is 4.21 Å². The Morgan fingerprint density at radius 1 is 0.722 bits per heavy atom. The van der Waals surface area contributed by atoms with Gasteiger partial charge < -0.3 is 106 Å². The summed E-state index contributed by atoms with van der Waals surface area (Å²) in [6.07, 6.45) is -4.51. The molecule has 13 N–H and O–H groups in total. The van der Waals surface area contributed by atoms with Crippen molar-refractivity contribution in [3.63, 3.8) is 0 Å². The Bertz CT molecular complexity index is 2730. The standard InChI is InChI=1S/C57H90N10O21S2/c1-6-33(3)48-54(77)60-27-46(72)61-41-32-90(80)56-37(36-8-9-44(81-5)38(50(36)66-56)31-89-23-22-88-21-20-87-19-18-86-17-16-85-15-14-84-13-12-83-11-10-82-7-2)25-39(51(74)59-28-47(73)64-48)62-55(78)49(34(4)43(70)30-68)65-53(76)42-24-35(69)29-67(42)57(79)40(26-45(58)71)63-52(41)75/h8-9,33-35,39-43,48-49,66,68-70H,6-7,10-32H2,1-5H3,(H2,58,71)(H,59,74)(H,60,77)(H,61,72)(H,62,78)(H,63,75)(H,64,73)(H,65,76)/t33-,34-,35+,39-,40-,41?,42-,43-,48-,49-,90?/m0/s1. The number of carbonyl (C=O) groups is 9. The number of rotatable bonds is 32. The Hall–Kier alpha value is -6.11. The highest BCUT2D eigenvalue weighted by atomic mass is 32.2. The molecule has 2 aromatic rings. The zero-order valence-corrected chi connectivity index (χ0v) is 53.3. The van der Waals surface area contributed by atoms with Gasteiger partial charge in [0.25, 0.3) is 0 Å². The summed E-state index contributed by atoms with van der Waals surface area (Å²) in [5.74, 6) is -10.8. The van der Waals surface area contributed by atoms with E-state index in [4.69, 9.17) is 43.6 Å². The molecule has 3 aliphatic rings. The van der Waals surface area contributed by atoms with Crippen LogP contribution in [-0.4, -0.2) is 268 Å². The predicted octanol–water partition coefficient (Wildman–Crippen LogP) is -4.25. The first-order valence-electron chi connectivity index (χ1n) is 30.0. The van der Waals surface area contributed by atoms with Crippen LogP contribution in [0, 0.1) is 11.8 Å². The molecule has 0 saturated carbocycles. The zero-order chi connectivity index (χ0) is 65.7. The number of nitrogens with one attached hydrogen (secondary N) is 8. The van der Waals surface area contributed by atoms with Crippen LogP contribution in [-0.2, 0) is 99.3 Å². The number of aliphatic hydroxyl groups excluding tert-OH is 3. The van der Waals surface area contributed by atoms with E-state index in [0.29, 0.717) is 120 Å². The smallest absolute Gasteiger partial charge is 0.246 e. The number of carbonyl (C=O) groups excluding carboxylic acids is 9. The molecule has 2 bridgehead atoms. The van der Waals surface area contributed by atoms with E-state index in [1.54, 1.807) is 26.0 Å². The summed E-state index contributed by atoms with van der Waals surface area (Å²) in [5.41, 5.74) is 6.60. The molecule has 4 heterocycles. The minimum atomic E-state index is -2.43. The normalized spacial score (nSPS) is 23.7. The van der Waals surface area contributed by atoms with Gasteiger partial charge in [0.1, 0.15) is 47.0 Å². The summed E-state index contributed by atoms with van der Waals surface area (Å²) in [5, 5.41) is 49.7. The van der Waals surface area contributed by atoms with Gasteiger partial charge in [-0.05, 0) is 30.5 Å². The van der Waals surface area contributed by atoms with Crippen molar-refractivity contribution < 1.29 is 101 Å². The molecule has 1 saturated heterocycles. The number of amides is 9. The lowest BCUT2D eigenvalue weighted by molar-refractivity contribution is -0.144. The van der Waals surface area contributed by atoms with Crippen molar-refractivity contribution in [1.29, 1.82) is 0 Å². The highest BCUT2D eigenvalue weighted by Gasteiger charge is 2.45. The molecule has 1 fully saturated rings. The van der Waals surface area contributed by atoms with E-state index in [9.17, 15) is 58.5 Å². The number of thioether (sulfide) groups is 1. The van der Waals surface area contributed by atoms with Gasteiger partial charge in [0.2, 0.25) is 53.2 Å². The van der Waals surface area contributed by atoms with Crippen LogP contribution in [0.3, 0.4) is 0 Å². The number of aliphatic hydroxyl groups is 3. The highest BCUT2D eigenvalue weighted by molar-refractivity contribution is 7.98. The highest BCUT2D eigenvalue weighted by Crippen LogP contribution is 2.36. The first-order chi connectivity index (χ1) is 43.2. The van der Waals surface area contributed by atoms with E-state index in [2.05, 4.69) is 42.2 Å². The molecule has 0 aliphatic carbocycles. The molecule has 1 aromatic carbocycles. The molecule has 5 rings (SSSR count). The third-order valence-corrected chi connectivity index (χ3v) is 17.5. The van der Waals surface area contributed by atoms with Gasteiger partial charge in [0.15, 0.2) is 0 Å². The number of hydrogen-bond donors (Lipinski definition) is 12. The van der Waals surface area contributed by atoms with Crippen LogP contribution in [0.25, 0.3) is 10.9 Å². The molecule has 31 nitrogen and oxygen atoms in total. The number of hydrogen-bond acceptors (Lipinski definition) is 22. The number of aromatic nitrogens is 1. The number of aromatic amines is 1. The van der Waals surface area contributed by atoms with Crippen LogP contribution >= 0.6 is 11.8 Å². The number of ether oxygens (including phenoxy) is 8. The van der Waals surface area contributed by atoms with E-state index in [1.807, 2.05) is 6.92 Å². The second-order valence-electron chi connectivity index (χ2n) is 21.5. The largest absolute Gasteiger partial charge is 0.496 e. The maximum absolute atomic E-state index is 15.3. The average molecular weight is 1320 g/mol. The molecule has 90 heavy (non-hydrogen) atoms. The molecule has 2 unspecified atom stereocenters. The van der Waals surface area contributed by atoms with Crippen LogP contribution in [0.4, 0.5) is 0 Å². The number of nitrogens with two attached hydrogens (primary N) is 1. The van der Waals surface area contributed by atoms with Gasteiger partial charge in [0.05, 0.1) is 153 Å². The minimum Gasteiger partial charge on any atom is -0.496 e. The van der Waals surface area contributed by atoms with Gasteiger partial charge in [-0.3, -0.25) is 47.4 Å².